The Morgan fingerprint density at radius 2 is 1.63 bits per heavy atom. The van der Waals surface area contributed by atoms with Crippen LogP contribution in [0.3, 0.4) is 0 Å². The van der Waals surface area contributed by atoms with E-state index in [0.29, 0.717) is 11.3 Å². The van der Waals surface area contributed by atoms with Crippen LogP contribution in [0.15, 0.2) is 48.5 Å². The van der Waals surface area contributed by atoms with Crippen LogP contribution in [0.5, 0.6) is 0 Å². The van der Waals surface area contributed by atoms with E-state index in [1.807, 2.05) is 12.1 Å². The molecule has 0 fully saturated rings. The van der Waals surface area contributed by atoms with Gasteiger partial charge in [-0.15, -0.1) is 0 Å². The maximum absolute atomic E-state index is 12.9. The summed E-state index contributed by atoms with van der Waals surface area (Å²) in [7, 11) is 0. The summed E-state index contributed by atoms with van der Waals surface area (Å²) in [6.45, 7) is 3.60. The van der Waals surface area contributed by atoms with Crippen molar-refractivity contribution < 1.29 is 23.5 Å². The molecule has 2 rings (SSSR count). The van der Waals surface area contributed by atoms with Crippen LogP contribution < -0.4 is 5.32 Å². The van der Waals surface area contributed by atoms with Crippen LogP contribution in [0.2, 0.25) is 0 Å². The summed E-state index contributed by atoms with van der Waals surface area (Å²) in [6, 6.07) is 12.7. The second-order valence-electron chi connectivity index (χ2n) is 7.21. The normalized spacial score (nSPS) is 11.6. The first kappa shape index (κ1) is 23.3. The molecule has 30 heavy (non-hydrogen) atoms. The number of carbonyl (C=O) groups is 3. The Balaban J connectivity index is 1.75. The third kappa shape index (κ3) is 7.78. The largest absolute Gasteiger partial charge is 0.453 e. The summed E-state index contributed by atoms with van der Waals surface area (Å²) >= 11 is 0. The first-order valence-corrected chi connectivity index (χ1v) is 10.3. The lowest BCUT2D eigenvalue weighted by Gasteiger charge is -2.13. The van der Waals surface area contributed by atoms with Gasteiger partial charge in [-0.1, -0.05) is 44.0 Å². The molecule has 1 amide bonds. The highest BCUT2D eigenvalue weighted by molar-refractivity contribution is 5.98. The number of benzene rings is 2. The molecule has 0 aliphatic heterocycles. The number of aryl methyl sites for hydroxylation is 1. The SMILES string of the molecule is CCCCCc1ccc(C(=O)CCC(=O)O[C@@H](C)C(=O)Nc2ccc(F)cc2)cc1. The van der Waals surface area contributed by atoms with Crippen molar-refractivity contribution in [3.63, 3.8) is 0 Å². The number of unbranched alkanes of at least 4 members (excludes halogenated alkanes) is 2. The maximum atomic E-state index is 12.9. The first-order chi connectivity index (χ1) is 14.4. The molecule has 0 unspecified atom stereocenters. The molecule has 5 nitrogen and oxygen atoms in total. The minimum absolute atomic E-state index is 0.0142. The molecule has 6 heteroatoms. The van der Waals surface area contributed by atoms with Crippen LogP contribution in [0, 0.1) is 5.82 Å². The van der Waals surface area contributed by atoms with Gasteiger partial charge in [-0.25, -0.2) is 4.39 Å². The topological polar surface area (TPSA) is 72.5 Å². The van der Waals surface area contributed by atoms with Crippen LogP contribution in [-0.4, -0.2) is 23.8 Å². The van der Waals surface area contributed by atoms with E-state index in [1.54, 1.807) is 12.1 Å². The van der Waals surface area contributed by atoms with Gasteiger partial charge in [-0.05, 0) is 49.6 Å². The molecule has 2 aromatic rings. The number of esters is 1. The van der Waals surface area contributed by atoms with Gasteiger partial charge in [0.1, 0.15) is 5.82 Å². The highest BCUT2D eigenvalue weighted by Crippen LogP contribution is 2.13. The van der Waals surface area contributed by atoms with E-state index in [0.717, 1.165) is 12.8 Å². The summed E-state index contributed by atoms with van der Waals surface area (Å²) in [6.07, 6.45) is 3.35. The quantitative estimate of drug-likeness (QED) is 0.316. The van der Waals surface area contributed by atoms with Crippen molar-refractivity contribution in [2.45, 2.75) is 58.5 Å². The first-order valence-electron chi connectivity index (χ1n) is 10.3. The molecule has 0 aliphatic rings. The van der Waals surface area contributed by atoms with Crippen LogP contribution >= 0.6 is 0 Å². The summed E-state index contributed by atoms with van der Waals surface area (Å²) in [4.78, 5) is 36.3. The average molecular weight is 413 g/mol. The molecule has 160 valence electrons. The summed E-state index contributed by atoms with van der Waals surface area (Å²) in [5.74, 6) is -1.71. The molecular weight excluding hydrogens is 385 g/mol. The van der Waals surface area contributed by atoms with E-state index in [9.17, 15) is 18.8 Å². The number of halogens is 1. The highest BCUT2D eigenvalue weighted by Gasteiger charge is 2.19. The Morgan fingerprint density at radius 1 is 0.967 bits per heavy atom. The number of hydrogen-bond donors (Lipinski definition) is 1. The molecule has 0 aliphatic carbocycles. The molecule has 0 radical (unpaired) electrons. The maximum Gasteiger partial charge on any atom is 0.307 e. The van der Waals surface area contributed by atoms with E-state index in [4.69, 9.17) is 4.74 Å². The van der Waals surface area contributed by atoms with Crippen LogP contribution in [0.25, 0.3) is 0 Å². The Bertz CT molecular complexity index is 847. The van der Waals surface area contributed by atoms with Gasteiger partial charge < -0.3 is 10.1 Å². The number of rotatable bonds is 11. The number of ketones is 1. The lowest BCUT2D eigenvalue weighted by atomic mass is 10.0. The molecule has 1 atom stereocenters. The Kier molecular flexibility index (Phi) is 9.19. The molecule has 0 saturated carbocycles. The third-order valence-corrected chi connectivity index (χ3v) is 4.69. The van der Waals surface area contributed by atoms with Gasteiger partial charge in [-0.2, -0.15) is 0 Å². The molecule has 0 aromatic heterocycles. The second kappa shape index (κ2) is 11.9. The number of Topliss-reactive ketones (excluding diaryl/α,β-unsaturated/α-hetero) is 1. The Morgan fingerprint density at radius 3 is 2.27 bits per heavy atom. The van der Waals surface area contributed by atoms with Crippen molar-refractivity contribution in [1.82, 2.24) is 0 Å². The molecular formula is C24H28FNO4. The molecule has 0 heterocycles. The number of anilines is 1. The predicted molar refractivity (Wildman–Crippen MR) is 114 cm³/mol. The van der Waals surface area contributed by atoms with Gasteiger partial charge in [0.15, 0.2) is 11.9 Å². The fourth-order valence-corrected chi connectivity index (χ4v) is 2.88. The van der Waals surface area contributed by atoms with E-state index < -0.39 is 23.8 Å². The zero-order valence-corrected chi connectivity index (χ0v) is 17.4. The summed E-state index contributed by atoms with van der Waals surface area (Å²) in [5.41, 5.74) is 2.15. The Hall–Kier alpha value is -3.02. The van der Waals surface area contributed by atoms with Crippen molar-refractivity contribution in [3.05, 3.63) is 65.5 Å². The van der Waals surface area contributed by atoms with Gasteiger partial charge in [0.05, 0.1) is 6.42 Å². The van der Waals surface area contributed by atoms with E-state index >= 15 is 0 Å². The van der Waals surface area contributed by atoms with Gasteiger partial charge in [-0.3, -0.25) is 14.4 Å². The van der Waals surface area contributed by atoms with E-state index in [2.05, 4.69) is 12.2 Å². The number of ether oxygens (including phenoxy) is 1. The minimum atomic E-state index is -1.03. The summed E-state index contributed by atoms with van der Waals surface area (Å²) in [5, 5.41) is 2.54. The average Bonchev–Trinajstić information content (AvgIpc) is 2.74. The van der Waals surface area contributed by atoms with Crippen molar-refractivity contribution in [2.24, 2.45) is 0 Å². The van der Waals surface area contributed by atoms with Crippen molar-refractivity contribution in [1.29, 1.82) is 0 Å². The van der Waals surface area contributed by atoms with E-state index in [-0.39, 0.29) is 18.6 Å². The highest BCUT2D eigenvalue weighted by atomic mass is 19.1. The van der Waals surface area contributed by atoms with Crippen molar-refractivity contribution >= 4 is 23.3 Å². The van der Waals surface area contributed by atoms with Gasteiger partial charge >= 0.3 is 5.97 Å². The molecule has 0 saturated heterocycles. The number of nitrogens with one attached hydrogen (secondary N) is 1. The Labute approximate surface area is 176 Å². The molecule has 0 spiro atoms. The second-order valence-corrected chi connectivity index (χ2v) is 7.21. The molecule has 1 N–H and O–H groups in total. The van der Waals surface area contributed by atoms with Crippen molar-refractivity contribution in [3.8, 4) is 0 Å². The minimum Gasteiger partial charge on any atom is -0.453 e. The van der Waals surface area contributed by atoms with Gasteiger partial charge in [0.25, 0.3) is 5.91 Å². The number of carbonyl (C=O) groups excluding carboxylic acids is 3. The smallest absolute Gasteiger partial charge is 0.307 e. The number of hydrogen-bond acceptors (Lipinski definition) is 4. The molecule has 0 bridgehead atoms. The zero-order chi connectivity index (χ0) is 21.9. The van der Waals surface area contributed by atoms with Crippen molar-refractivity contribution in [2.75, 3.05) is 5.32 Å². The van der Waals surface area contributed by atoms with Gasteiger partial charge in [0, 0.05) is 17.7 Å². The van der Waals surface area contributed by atoms with E-state index in [1.165, 1.54) is 49.6 Å². The fraction of sp³-hybridized carbons (Fsp3) is 0.375. The molecule has 2 aromatic carbocycles. The van der Waals surface area contributed by atoms with Crippen LogP contribution in [0.1, 0.15) is 61.9 Å². The van der Waals surface area contributed by atoms with Gasteiger partial charge in [0.2, 0.25) is 0 Å². The lowest BCUT2D eigenvalue weighted by Crippen LogP contribution is -2.30. The standard InChI is InChI=1S/C24H28FNO4/c1-3-4-5-6-18-7-9-19(10-8-18)22(27)15-16-23(28)30-17(2)24(29)26-21-13-11-20(25)12-14-21/h7-14,17H,3-6,15-16H2,1-2H3,(H,26,29)/t17-/m0/s1. The fourth-order valence-electron chi connectivity index (χ4n) is 2.88. The zero-order valence-electron chi connectivity index (χ0n) is 17.4. The van der Waals surface area contributed by atoms with Crippen LogP contribution in [-0.2, 0) is 20.7 Å². The predicted octanol–water partition coefficient (Wildman–Crippen LogP) is 5.09. The third-order valence-electron chi connectivity index (χ3n) is 4.69. The summed E-state index contributed by atoms with van der Waals surface area (Å²) < 4.78 is 18.0. The van der Waals surface area contributed by atoms with Crippen LogP contribution in [0.4, 0.5) is 10.1 Å². The monoisotopic (exact) mass is 413 g/mol. The lowest BCUT2D eigenvalue weighted by molar-refractivity contribution is -0.153. The number of amides is 1.